The molecule has 0 spiro atoms. The van der Waals surface area contributed by atoms with Gasteiger partial charge in [-0.05, 0) is 127 Å². The van der Waals surface area contributed by atoms with Gasteiger partial charge in [-0.2, -0.15) is 0 Å². The van der Waals surface area contributed by atoms with Gasteiger partial charge in [-0.3, -0.25) is 4.57 Å². The number of fused-ring (bicyclic) bond motifs is 10. The van der Waals surface area contributed by atoms with Gasteiger partial charge >= 0.3 is 0 Å². The fraction of sp³-hybridized carbons (Fsp3) is 0.0580. The number of pyridine rings is 1. The molecule has 354 valence electrons. The lowest BCUT2D eigenvalue weighted by molar-refractivity contribution is 0.483. The fourth-order valence-electron chi connectivity index (χ4n) is 10.8. The number of H-pyrrole nitrogens is 1. The molecule has 0 aliphatic carbocycles. The lowest BCUT2D eigenvalue weighted by Crippen LogP contribution is -2.12. The number of para-hydroxylation sites is 3. The van der Waals surface area contributed by atoms with Crippen molar-refractivity contribution in [3.05, 3.63) is 254 Å². The second-order valence-corrected chi connectivity index (χ2v) is 20.1. The van der Waals surface area contributed by atoms with Gasteiger partial charge in [-0.15, -0.1) is 0 Å². The molecule has 0 amide bonds. The van der Waals surface area contributed by atoms with Gasteiger partial charge in [-0.25, -0.2) is 4.98 Å². The predicted octanol–water partition coefficient (Wildman–Crippen LogP) is 19.1. The number of anilines is 2. The van der Waals surface area contributed by atoms with E-state index in [4.69, 9.17) is 9.72 Å². The molecule has 0 radical (unpaired) electrons. The van der Waals surface area contributed by atoms with Gasteiger partial charge in [0.2, 0.25) is 0 Å². The largest absolute Gasteiger partial charge is 0.457 e. The molecule has 2 N–H and O–H groups in total. The zero-order valence-electron chi connectivity index (χ0n) is 41.5. The van der Waals surface area contributed by atoms with Gasteiger partial charge in [0, 0.05) is 51.1 Å². The first-order chi connectivity index (χ1) is 36.3. The summed E-state index contributed by atoms with van der Waals surface area (Å²) in [6.45, 7) is 6.71. The van der Waals surface area contributed by atoms with Gasteiger partial charge in [0.15, 0.2) is 0 Å². The standard InChI is InChI=1S/C69H52N4O/c1-69(2,3)50-37-38-70-66(42-50)73-64-34-15-14-29-59(64)60-36-35-53(44-65(60)73)74-52-24-16-23-51(43-52)71-63-33-18-32-62-58-28-13-11-26-56(58)55-25-10-12-27-57(55)61-31-17-30-54(67(61)72-68(62)63)49-40-47(45-19-6-4-7-20-45)39-48(41-49)46-21-8-5-9-22-46/h4-44,71-72H,1-3H3. The minimum atomic E-state index is -0.0247. The molecule has 3 heterocycles. The van der Waals surface area contributed by atoms with E-state index in [2.05, 4.69) is 266 Å². The Bertz CT molecular complexity index is 4290. The Morgan fingerprint density at radius 3 is 1.62 bits per heavy atom. The van der Waals surface area contributed by atoms with Gasteiger partial charge in [-0.1, -0.05) is 185 Å². The summed E-state index contributed by atoms with van der Waals surface area (Å²) in [5.41, 5.74) is 14.0. The summed E-state index contributed by atoms with van der Waals surface area (Å²) in [6.07, 6.45) is 1.92. The highest BCUT2D eigenvalue weighted by Crippen LogP contribution is 2.41. The van der Waals surface area contributed by atoms with E-state index in [1.54, 1.807) is 0 Å². The Balaban J connectivity index is 0.974. The minimum absolute atomic E-state index is 0.0247. The minimum Gasteiger partial charge on any atom is -0.457 e. The molecule has 0 fully saturated rings. The number of ether oxygens (including phenoxy) is 1. The molecule has 13 aromatic rings. The molecule has 0 saturated carbocycles. The van der Waals surface area contributed by atoms with Crippen LogP contribution in [0.1, 0.15) is 26.3 Å². The quantitative estimate of drug-likeness (QED) is 0.160. The highest BCUT2D eigenvalue weighted by Gasteiger charge is 2.19. The van der Waals surface area contributed by atoms with Crippen molar-refractivity contribution in [2.45, 2.75) is 26.2 Å². The van der Waals surface area contributed by atoms with E-state index >= 15 is 0 Å². The Labute approximate surface area is 430 Å². The van der Waals surface area contributed by atoms with E-state index < -0.39 is 0 Å². The first kappa shape index (κ1) is 44.5. The summed E-state index contributed by atoms with van der Waals surface area (Å²) in [5.74, 6) is 2.34. The van der Waals surface area contributed by atoms with Crippen molar-refractivity contribution >= 4 is 76.5 Å². The summed E-state index contributed by atoms with van der Waals surface area (Å²) < 4.78 is 9.04. The maximum atomic E-state index is 6.78. The molecule has 5 nitrogen and oxygen atoms in total. The van der Waals surface area contributed by atoms with E-state index in [0.29, 0.717) is 0 Å². The van der Waals surface area contributed by atoms with Crippen LogP contribution >= 0.6 is 0 Å². The van der Waals surface area contributed by atoms with E-state index in [9.17, 15) is 0 Å². The topological polar surface area (TPSA) is 54.9 Å². The molecule has 3 aromatic heterocycles. The van der Waals surface area contributed by atoms with E-state index in [1.807, 2.05) is 18.3 Å². The van der Waals surface area contributed by atoms with Crippen molar-refractivity contribution < 1.29 is 4.74 Å². The van der Waals surface area contributed by atoms with E-state index in [0.717, 1.165) is 99.9 Å². The Hall–Kier alpha value is -9.45. The Morgan fingerprint density at radius 2 is 0.946 bits per heavy atom. The van der Waals surface area contributed by atoms with Crippen LogP contribution in [0, 0.1) is 0 Å². The number of aromatic nitrogens is 3. The second-order valence-electron chi connectivity index (χ2n) is 20.1. The number of hydrogen-bond donors (Lipinski definition) is 2. The lowest BCUT2D eigenvalue weighted by Gasteiger charge is -2.20. The number of benzene rings is 10. The maximum Gasteiger partial charge on any atom is 0.137 e. The first-order valence-corrected chi connectivity index (χ1v) is 25.3. The molecular weight excluding hydrogens is 901 g/mol. The summed E-state index contributed by atoms with van der Waals surface area (Å²) in [5, 5.41) is 13.0. The third-order valence-corrected chi connectivity index (χ3v) is 14.4. The summed E-state index contributed by atoms with van der Waals surface area (Å²) >= 11 is 0. The van der Waals surface area contributed by atoms with Crippen LogP contribution in [-0.4, -0.2) is 14.5 Å². The fourth-order valence-corrected chi connectivity index (χ4v) is 10.8. The molecule has 0 aliphatic rings. The van der Waals surface area contributed by atoms with Crippen molar-refractivity contribution in [1.82, 2.24) is 14.5 Å². The van der Waals surface area contributed by atoms with E-state index in [1.165, 1.54) is 32.8 Å². The molecule has 0 saturated heterocycles. The van der Waals surface area contributed by atoms with E-state index in [-0.39, 0.29) is 5.41 Å². The molecule has 0 atom stereocenters. The van der Waals surface area contributed by atoms with Crippen molar-refractivity contribution in [3.63, 3.8) is 0 Å². The van der Waals surface area contributed by atoms with Crippen molar-refractivity contribution in [2.24, 2.45) is 0 Å². The highest BCUT2D eigenvalue weighted by atomic mass is 16.5. The smallest absolute Gasteiger partial charge is 0.137 e. The number of rotatable bonds is 8. The average molecular weight is 953 g/mol. The normalized spacial score (nSPS) is 11.7. The molecule has 0 aliphatic heterocycles. The number of aromatic amines is 1. The Morgan fingerprint density at radius 1 is 0.405 bits per heavy atom. The van der Waals surface area contributed by atoms with Crippen molar-refractivity contribution in [3.8, 4) is 50.7 Å². The molecule has 10 aromatic carbocycles. The monoisotopic (exact) mass is 952 g/mol. The van der Waals surface area contributed by atoms with Crippen LogP contribution in [0.3, 0.4) is 0 Å². The van der Waals surface area contributed by atoms with Crippen LogP contribution in [0.15, 0.2) is 249 Å². The lowest BCUT2D eigenvalue weighted by atomic mass is 9.88. The molecule has 0 unspecified atom stereocenters. The van der Waals surface area contributed by atoms with Gasteiger partial charge in [0.25, 0.3) is 0 Å². The second kappa shape index (κ2) is 18.3. The number of nitrogens with zero attached hydrogens (tertiary/aromatic N) is 2. The SMILES string of the molecule is CC(C)(C)c1ccnc(-n2c3ccccc3c3ccc(Oc4cccc(Nc5cccc6c5[nH]c5c(-c7cc(-c8ccccc8)cc(-c8ccccc8)c7)cccc5c5ccccc5c5ccccc65)c4)cc32)c1. The Kier molecular flexibility index (Phi) is 11.0. The molecule has 74 heavy (non-hydrogen) atoms. The van der Waals surface area contributed by atoms with Crippen LogP contribution in [0.5, 0.6) is 11.5 Å². The summed E-state index contributed by atoms with van der Waals surface area (Å²) in [7, 11) is 0. The highest BCUT2D eigenvalue weighted by molar-refractivity contribution is 6.21. The van der Waals surface area contributed by atoms with Crippen LogP contribution in [0.4, 0.5) is 11.4 Å². The zero-order chi connectivity index (χ0) is 49.8. The van der Waals surface area contributed by atoms with Gasteiger partial charge in [0.05, 0.1) is 27.8 Å². The van der Waals surface area contributed by atoms with Crippen LogP contribution in [0.2, 0.25) is 0 Å². The average Bonchev–Trinajstić information content (AvgIpc) is 3.81. The zero-order valence-corrected chi connectivity index (χ0v) is 41.5. The molecular formula is C69H52N4O. The third-order valence-electron chi connectivity index (χ3n) is 14.4. The van der Waals surface area contributed by atoms with Crippen LogP contribution in [-0.2, 0) is 5.41 Å². The van der Waals surface area contributed by atoms with Gasteiger partial charge in [0.1, 0.15) is 17.3 Å². The van der Waals surface area contributed by atoms with Crippen LogP contribution in [0.25, 0.3) is 104 Å². The van der Waals surface area contributed by atoms with Crippen LogP contribution < -0.4 is 10.1 Å². The molecule has 0 bridgehead atoms. The van der Waals surface area contributed by atoms with Gasteiger partial charge < -0.3 is 15.0 Å². The predicted molar refractivity (Wildman–Crippen MR) is 312 cm³/mol. The number of nitrogens with one attached hydrogen (secondary N) is 2. The molecule has 5 heteroatoms. The molecule has 13 rings (SSSR count). The summed E-state index contributed by atoms with van der Waals surface area (Å²) in [6, 6.07) is 86.6. The summed E-state index contributed by atoms with van der Waals surface area (Å²) in [4.78, 5) is 9.05. The number of hydrogen-bond acceptors (Lipinski definition) is 3. The maximum absolute atomic E-state index is 6.78. The van der Waals surface area contributed by atoms with Crippen molar-refractivity contribution in [1.29, 1.82) is 0 Å². The third kappa shape index (κ3) is 8.15. The van der Waals surface area contributed by atoms with Crippen molar-refractivity contribution in [2.75, 3.05) is 5.32 Å². The first-order valence-electron chi connectivity index (χ1n) is 25.3.